The third-order valence-corrected chi connectivity index (χ3v) is 8.67. The van der Waals surface area contributed by atoms with Gasteiger partial charge in [0.15, 0.2) is 8.32 Å². The molecule has 22 heavy (non-hydrogen) atoms. The summed E-state index contributed by atoms with van der Waals surface area (Å²) in [5, 5.41) is 18.1. The Bertz CT molecular complexity index is 403. The van der Waals surface area contributed by atoms with Crippen molar-refractivity contribution in [2.75, 3.05) is 13.2 Å². The van der Waals surface area contributed by atoms with Crippen LogP contribution in [0.3, 0.4) is 0 Å². The van der Waals surface area contributed by atoms with E-state index in [0.29, 0.717) is 0 Å². The van der Waals surface area contributed by atoms with Crippen molar-refractivity contribution in [2.24, 2.45) is 5.92 Å². The van der Waals surface area contributed by atoms with Crippen molar-refractivity contribution >= 4 is 8.32 Å². The van der Waals surface area contributed by atoms with Crippen LogP contribution in [0.25, 0.3) is 0 Å². The van der Waals surface area contributed by atoms with Crippen molar-refractivity contribution in [3.8, 4) is 0 Å². The Hall–Kier alpha value is -0.683. The van der Waals surface area contributed by atoms with E-state index < -0.39 is 8.32 Å². The van der Waals surface area contributed by atoms with Crippen molar-refractivity contribution in [1.82, 2.24) is 0 Å². The van der Waals surface area contributed by atoms with Gasteiger partial charge in [0, 0.05) is 5.92 Å². The zero-order chi connectivity index (χ0) is 17.4. The van der Waals surface area contributed by atoms with Gasteiger partial charge in [-0.3, -0.25) is 0 Å². The summed E-state index contributed by atoms with van der Waals surface area (Å²) in [6, 6.07) is 0. The van der Waals surface area contributed by atoms with E-state index in [2.05, 4.69) is 46.9 Å². The molecular weight excluding hydrogens is 292 g/mol. The predicted molar refractivity (Wildman–Crippen MR) is 97.4 cm³/mol. The van der Waals surface area contributed by atoms with Crippen LogP contribution in [0.4, 0.5) is 0 Å². The highest BCUT2D eigenvalue weighted by Gasteiger charge is 2.39. The van der Waals surface area contributed by atoms with Crippen molar-refractivity contribution in [1.29, 1.82) is 0 Å². The Labute approximate surface area is 137 Å². The Kier molecular flexibility index (Phi) is 9.16. The summed E-state index contributed by atoms with van der Waals surface area (Å²) in [6.07, 6.45) is 9.45. The van der Waals surface area contributed by atoms with E-state index in [1.165, 1.54) is 0 Å². The second kappa shape index (κ2) is 9.45. The molecule has 0 rings (SSSR count). The first-order valence-corrected chi connectivity index (χ1v) is 10.9. The molecule has 0 saturated heterocycles. The first-order chi connectivity index (χ1) is 10.0. The molecule has 3 nitrogen and oxygen atoms in total. The molecule has 0 aromatic heterocycles. The van der Waals surface area contributed by atoms with Gasteiger partial charge in [-0.1, -0.05) is 63.6 Å². The van der Waals surface area contributed by atoms with Crippen LogP contribution in [0.1, 0.15) is 34.6 Å². The molecule has 4 heteroatoms. The third-order valence-electron chi connectivity index (χ3n) is 4.20. The van der Waals surface area contributed by atoms with Crippen molar-refractivity contribution in [2.45, 2.75) is 58.9 Å². The number of hydrogen-bond donors (Lipinski definition) is 2. The molecule has 0 aliphatic carbocycles. The molecule has 0 saturated carbocycles. The van der Waals surface area contributed by atoms with Gasteiger partial charge in [0.1, 0.15) is 0 Å². The minimum atomic E-state index is -1.88. The van der Waals surface area contributed by atoms with Crippen LogP contribution < -0.4 is 0 Å². The average Bonchev–Trinajstić information content (AvgIpc) is 2.39. The molecule has 128 valence electrons. The van der Waals surface area contributed by atoms with E-state index in [1.807, 2.05) is 19.1 Å². The molecule has 0 radical (unpaired) electrons. The van der Waals surface area contributed by atoms with Crippen LogP contribution in [-0.4, -0.2) is 37.8 Å². The molecule has 0 bridgehead atoms. The van der Waals surface area contributed by atoms with Gasteiger partial charge in [-0.05, 0) is 25.1 Å². The van der Waals surface area contributed by atoms with Gasteiger partial charge < -0.3 is 14.6 Å². The first kappa shape index (κ1) is 21.3. The van der Waals surface area contributed by atoms with Gasteiger partial charge in [-0.25, -0.2) is 0 Å². The van der Waals surface area contributed by atoms with Crippen LogP contribution in [0, 0.1) is 5.92 Å². The van der Waals surface area contributed by atoms with Crippen LogP contribution in [0.5, 0.6) is 0 Å². The van der Waals surface area contributed by atoms with Gasteiger partial charge in [0.2, 0.25) is 0 Å². The number of aliphatic hydroxyl groups is 2. The van der Waals surface area contributed by atoms with Crippen molar-refractivity contribution in [3.05, 3.63) is 36.0 Å². The number of hydrogen-bond acceptors (Lipinski definition) is 3. The zero-order valence-corrected chi connectivity index (χ0v) is 16.3. The van der Waals surface area contributed by atoms with Crippen molar-refractivity contribution in [3.63, 3.8) is 0 Å². The maximum absolute atomic E-state index is 9.07. The summed E-state index contributed by atoms with van der Waals surface area (Å²) >= 11 is 0. The highest BCUT2D eigenvalue weighted by Crippen LogP contribution is 2.38. The SMILES string of the molecule is CC(/C=C/CO)=C\[C@@H](C)[C@@H](/C=C/CO)O[Si](C)(C)C(C)(C)C. The maximum Gasteiger partial charge on any atom is 0.192 e. The van der Waals surface area contributed by atoms with E-state index in [-0.39, 0.29) is 30.3 Å². The fourth-order valence-electron chi connectivity index (χ4n) is 1.84. The van der Waals surface area contributed by atoms with E-state index >= 15 is 0 Å². The highest BCUT2D eigenvalue weighted by molar-refractivity contribution is 6.74. The molecule has 0 heterocycles. The van der Waals surface area contributed by atoms with Gasteiger partial charge in [0.05, 0.1) is 19.3 Å². The lowest BCUT2D eigenvalue weighted by atomic mass is 10.0. The maximum atomic E-state index is 9.07. The number of allylic oxidation sites excluding steroid dienone is 2. The minimum Gasteiger partial charge on any atom is -0.410 e. The summed E-state index contributed by atoms with van der Waals surface area (Å²) in [5.74, 6) is 0.195. The summed E-state index contributed by atoms with van der Waals surface area (Å²) in [5.41, 5.74) is 1.10. The predicted octanol–water partition coefficient (Wildman–Crippen LogP) is 4.06. The molecule has 0 aromatic carbocycles. The molecule has 0 unspecified atom stereocenters. The van der Waals surface area contributed by atoms with Crippen LogP contribution >= 0.6 is 0 Å². The molecule has 0 aliphatic heterocycles. The Balaban J connectivity index is 5.21. The zero-order valence-electron chi connectivity index (χ0n) is 15.3. The van der Waals surface area contributed by atoms with E-state index in [9.17, 15) is 0 Å². The fraction of sp³-hybridized carbons (Fsp3) is 0.667. The molecule has 0 aliphatic rings. The van der Waals surface area contributed by atoms with Crippen molar-refractivity contribution < 1.29 is 14.6 Å². The number of aliphatic hydroxyl groups excluding tert-OH is 2. The van der Waals surface area contributed by atoms with Gasteiger partial charge in [-0.15, -0.1) is 0 Å². The van der Waals surface area contributed by atoms with E-state index in [1.54, 1.807) is 12.2 Å². The molecule has 2 atom stereocenters. The molecule has 0 aromatic rings. The standard InChI is InChI=1S/C18H34O3Si/c1-15(10-8-12-19)14-16(2)17(11-9-13-20)21-22(6,7)18(3,4)5/h8-11,14,16-17,19-20H,12-13H2,1-7H3/b10-8+,11-9+,15-14+/t16-,17-/m1/s1. The second-order valence-corrected chi connectivity index (χ2v) is 12.1. The summed E-state index contributed by atoms with van der Waals surface area (Å²) in [4.78, 5) is 0. The lowest BCUT2D eigenvalue weighted by Crippen LogP contribution is -2.44. The summed E-state index contributed by atoms with van der Waals surface area (Å²) < 4.78 is 6.49. The molecular formula is C18H34O3Si. The monoisotopic (exact) mass is 326 g/mol. The average molecular weight is 327 g/mol. The van der Waals surface area contributed by atoms with Crippen LogP contribution in [0.15, 0.2) is 36.0 Å². The number of rotatable bonds is 8. The van der Waals surface area contributed by atoms with Crippen LogP contribution in [0.2, 0.25) is 18.1 Å². The third kappa shape index (κ3) is 7.54. The first-order valence-electron chi connectivity index (χ1n) is 7.96. The minimum absolute atomic E-state index is 0.0250. The Morgan fingerprint density at radius 2 is 1.68 bits per heavy atom. The lowest BCUT2D eigenvalue weighted by molar-refractivity contribution is 0.188. The van der Waals surface area contributed by atoms with Gasteiger partial charge in [0.25, 0.3) is 0 Å². The molecule has 0 amide bonds. The highest BCUT2D eigenvalue weighted by atomic mass is 28.4. The summed E-state index contributed by atoms with van der Waals surface area (Å²) in [6.45, 7) is 15.4. The normalized spacial score (nSPS) is 17.4. The summed E-state index contributed by atoms with van der Waals surface area (Å²) in [7, 11) is -1.88. The largest absolute Gasteiger partial charge is 0.410 e. The Morgan fingerprint density at radius 1 is 1.14 bits per heavy atom. The molecule has 2 N–H and O–H groups in total. The quantitative estimate of drug-likeness (QED) is 0.402. The molecule has 0 spiro atoms. The lowest BCUT2D eigenvalue weighted by Gasteiger charge is -2.39. The van der Waals surface area contributed by atoms with E-state index in [0.717, 1.165) is 5.57 Å². The van der Waals surface area contributed by atoms with Gasteiger partial charge >= 0.3 is 0 Å². The smallest absolute Gasteiger partial charge is 0.192 e. The fourth-order valence-corrected chi connectivity index (χ4v) is 3.16. The second-order valence-electron chi connectivity index (χ2n) is 7.31. The topological polar surface area (TPSA) is 49.7 Å². The van der Waals surface area contributed by atoms with E-state index in [4.69, 9.17) is 14.6 Å². The van der Waals surface area contributed by atoms with Gasteiger partial charge in [-0.2, -0.15) is 0 Å². The molecule has 0 fully saturated rings. The van der Waals surface area contributed by atoms with Crippen LogP contribution in [-0.2, 0) is 4.43 Å². The Morgan fingerprint density at radius 3 is 2.14 bits per heavy atom.